The molecule has 1 unspecified atom stereocenters. The van der Waals surface area contributed by atoms with Crippen LogP contribution in [0.1, 0.15) is 37.0 Å². The molecule has 0 spiro atoms. The number of carbonyl (C=O) groups excluding carboxylic acids is 1. The Bertz CT molecular complexity index is 1080. The molecule has 0 heterocycles. The summed E-state index contributed by atoms with van der Waals surface area (Å²) in [6, 6.07) is 11.4. The molecule has 0 aliphatic carbocycles. The van der Waals surface area contributed by atoms with Gasteiger partial charge in [0.05, 0.1) is 13.0 Å². The number of rotatable bonds is 5. The zero-order chi connectivity index (χ0) is 21.3. The maximum Gasteiger partial charge on any atom is 0.313 e. The fourth-order valence-corrected chi connectivity index (χ4v) is 3.00. The predicted molar refractivity (Wildman–Crippen MR) is 99.7 cm³/mol. The van der Waals surface area contributed by atoms with Crippen molar-refractivity contribution in [3.8, 4) is 5.75 Å². The van der Waals surface area contributed by atoms with Crippen LogP contribution in [0.3, 0.4) is 0 Å². The SMILES string of the molecule is COc1ccc2cc([C@H](C)C(=O)OC(C)c3cc(F)c(F)c(F)c3F)ccc2c1. The van der Waals surface area contributed by atoms with E-state index in [-0.39, 0.29) is 0 Å². The van der Waals surface area contributed by atoms with E-state index in [2.05, 4.69) is 0 Å². The summed E-state index contributed by atoms with van der Waals surface area (Å²) in [7, 11) is 1.57. The molecular formula is C22H18F4O3. The number of ether oxygens (including phenoxy) is 2. The Hall–Kier alpha value is -3.09. The van der Waals surface area contributed by atoms with Crippen LogP contribution in [0, 0.1) is 23.3 Å². The van der Waals surface area contributed by atoms with E-state index in [4.69, 9.17) is 9.47 Å². The zero-order valence-electron chi connectivity index (χ0n) is 15.9. The number of benzene rings is 3. The van der Waals surface area contributed by atoms with Gasteiger partial charge in [0, 0.05) is 5.56 Å². The number of hydrogen-bond acceptors (Lipinski definition) is 3. The third kappa shape index (κ3) is 4.04. The summed E-state index contributed by atoms with van der Waals surface area (Å²) in [5, 5.41) is 1.80. The first-order chi connectivity index (χ1) is 13.7. The number of hydrogen-bond donors (Lipinski definition) is 0. The maximum atomic E-state index is 13.9. The number of fused-ring (bicyclic) bond motifs is 1. The highest BCUT2D eigenvalue weighted by Gasteiger charge is 2.26. The Morgan fingerprint density at radius 2 is 1.52 bits per heavy atom. The van der Waals surface area contributed by atoms with E-state index in [1.54, 1.807) is 26.2 Å². The molecule has 0 saturated heterocycles. The van der Waals surface area contributed by atoms with Crippen molar-refractivity contribution < 1.29 is 31.8 Å². The summed E-state index contributed by atoms with van der Waals surface area (Å²) in [4.78, 5) is 12.5. The molecule has 3 rings (SSSR count). The molecule has 2 atom stereocenters. The van der Waals surface area contributed by atoms with E-state index < -0.39 is 46.8 Å². The third-order valence-electron chi connectivity index (χ3n) is 4.79. The van der Waals surface area contributed by atoms with Crippen molar-refractivity contribution in [2.24, 2.45) is 0 Å². The quantitative estimate of drug-likeness (QED) is 0.232. The molecule has 3 aromatic carbocycles. The fourth-order valence-electron chi connectivity index (χ4n) is 3.00. The average molecular weight is 406 g/mol. The van der Waals surface area contributed by atoms with Gasteiger partial charge in [0.15, 0.2) is 23.3 Å². The summed E-state index contributed by atoms with van der Waals surface area (Å²) in [6.45, 7) is 2.86. The fraction of sp³-hybridized carbons (Fsp3) is 0.227. The highest BCUT2D eigenvalue weighted by molar-refractivity contribution is 5.86. The van der Waals surface area contributed by atoms with Crippen LogP contribution >= 0.6 is 0 Å². The van der Waals surface area contributed by atoms with Crippen LogP contribution in [-0.4, -0.2) is 13.1 Å². The van der Waals surface area contributed by atoms with Crippen LogP contribution in [0.4, 0.5) is 17.6 Å². The van der Waals surface area contributed by atoms with Gasteiger partial charge in [0.2, 0.25) is 0 Å². The predicted octanol–water partition coefficient (Wildman–Crippen LogP) is 5.81. The van der Waals surface area contributed by atoms with E-state index in [0.29, 0.717) is 17.4 Å². The lowest BCUT2D eigenvalue weighted by atomic mass is 9.97. The van der Waals surface area contributed by atoms with Crippen LogP contribution in [-0.2, 0) is 9.53 Å². The molecule has 3 aromatic rings. The van der Waals surface area contributed by atoms with Crippen LogP contribution in [0.15, 0.2) is 42.5 Å². The van der Waals surface area contributed by atoms with Gasteiger partial charge in [-0.25, -0.2) is 17.6 Å². The van der Waals surface area contributed by atoms with Crippen molar-refractivity contribution in [2.45, 2.75) is 25.9 Å². The lowest BCUT2D eigenvalue weighted by molar-refractivity contribution is -0.150. The van der Waals surface area contributed by atoms with E-state index in [0.717, 1.165) is 10.8 Å². The minimum atomic E-state index is -1.94. The van der Waals surface area contributed by atoms with Crippen LogP contribution in [0.25, 0.3) is 10.8 Å². The summed E-state index contributed by atoms with van der Waals surface area (Å²) in [5.74, 6) is -7.73. The Morgan fingerprint density at radius 1 is 0.862 bits per heavy atom. The lowest BCUT2D eigenvalue weighted by Gasteiger charge is -2.18. The van der Waals surface area contributed by atoms with Crippen molar-refractivity contribution in [1.82, 2.24) is 0 Å². The molecule has 0 radical (unpaired) electrons. The molecule has 0 aliphatic heterocycles. The average Bonchev–Trinajstić information content (AvgIpc) is 2.73. The van der Waals surface area contributed by atoms with E-state index in [1.807, 2.05) is 24.3 Å². The summed E-state index contributed by atoms with van der Waals surface area (Å²) < 4.78 is 64.2. The molecule has 152 valence electrons. The van der Waals surface area contributed by atoms with E-state index in [9.17, 15) is 22.4 Å². The van der Waals surface area contributed by atoms with Crippen molar-refractivity contribution in [3.05, 3.63) is 76.9 Å². The van der Waals surface area contributed by atoms with Gasteiger partial charge in [-0.05, 0) is 48.4 Å². The first kappa shape index (κ1) is 20.6. The Balaban J connectivity index is 1.81. The highest BCUT2D eigenvalue weighted by Crippen LogP contribution is 2.29. The largest absolute Gasteiger partial charge is 0.497 e. The summed E-state index contributed by atoms with van der Waals surface area (Å²) >= 11 is 0. The smallest absolute Gasteiger partial charge is 0.313 e. The van der Waals surface area contributed by atoms with Gasteiger partial charge >= 0.3 is 5.97 Å². The molecule has 0 bridgehead atoms. The molecule has 0 aliphatic rings. The van der Waals surface area contributed by atoms with Gasteiger partial charge in [-0.2, -0.15) is 0 Å². The summed E-state index contributed by atoms with van der Waals surface area (Å²) in [6.07, 6.45) is -1.31. The number of methoxy groups -OCH3 is 1. The van der Waals surface area contributed by atoms with Crippen LogP contribution < -0.4 is 4.74 Å². The first-order valence-corrected chi connectivity index (χ1v) is 8.84. The van der Waals surface area contributed by atoms with E-state index >= 15 is 0 Å². The minimum absolute atomic E-state index is 0.486. The van der Waals surface area contributed by atoms with Gasteiger partial charge in [-0.3, -0.25) is 4.79 Å². The van der Waals surface area contributed by atoms with Gasteiger partial charge in [0.1, 0.15) is 11.9 Å². The molecule has 7 heteroatoms. The van der Waals surface area contributed by atoms with Crippen LogP contribution in [0.2, 0.25) is 0 Å². The van der Waals surface area contributed by atoms with Crippen molar-refractivity contribution >= 4 is 16.7 Å². The van der Waals surface area contributed by atoms with Gasteiger partial charge < -0.3 is 9.47 Å². The standard InChI is InChI=1S/C22H18F4O3/c1-11(13-4-5-15-9-16(28-3)7-6-14(15)8-13)22(27)29-12(2)17-10-18(23)20(25)21(26)19(17)24/h4-12H,1-3H3/t11-,12?/m0/s1. The van der Waals surface area contributed by atoms with Crippen molar-refractivity contribution in [1.29, 1.82) is 0 Å². The first-order valence-electron chi connectivity index (χ1n) is 8.84. The molecule has 3 nitrogen and oxygen atoms in total. The Morgan fingerprint density at radius 3 is 2.21 bits per heavy atom. The van der Waals surface area contributed by atoms with E-state index in [1.165, 1.54) is 6.92 Å². The number of halogens is 4. The van der Waals surface area contributed by atoms with Crippen molar-refractivity contribution in [2.75, 3.05) is 7.11 Å². The zero-order valence-corrected chi connectivity index (χ0v) is 15.9. The van der Waals surface area contributed by atoms with Gasteiger partial charge in [-0.1, -0.05) is 24.3 Å². The molecule has 29 heavy (non-hydrogen) atoms. The molecule has 0 saturated carbocycles. The molecule has 0 fully saturated rings. The minimum Gasteiger partial charge on any atom is -0.497 e. The number of carbonyl (C=O) groups is 1. The highest BCUT2D eigenvalue weighted by atomic mass is 19.2. The monoisotopic (exact) mass is 406 g/mol. The summed E-state index contributed by atoms with van der Waals surface area (Å²) in [5.41, 5.74) is 0.0735. The Kier molecular flexibility index (Phi) is 5.77. The van der Waals surface area contributed by atoms with Gasteiger partial charge in [0.25, 0.3) is 0 Å². The maximum absolute atomic E-state index is 13.9. The normalized spacial score (nSPS) is 13.2. The number of esters is 1. The Labute approximate surface area is 164 Å². The molecular weight excluding hydrogens is 388 g/mol. The third-order valence-corrected chi connectivity index (χ3v) is 4.79. The second-order valence-corrected chi connectivity index (χ2v) is 6.66. The molecule has 0 N–H and O–H groups in total. The second kappa shape index (κ2) is 8.11. The molecule has 0 amide bonds. The molecule has 0 aromatic heterocycles. The van der Waals surface area contributed by atoms with Crippen LogP contribution in [0.5, 0.6) is 5.75 Å². The van der Waals surface area contributed by atoms with Crippen molar-refractivity contribution in [3.63, 3.8) is 0 Å². The lowest BCUT2D eigenvalue weighted by Crippen LogP contribution is -2.17. The van der Waals surface area contributed by atoms with Gasteiger partial charge in [-0.15, -0.1) is 0 Å². The topological polar surface area (TPSA) is 35.5 Å². The second-order valence-electron chi connectivity index (χ2n) is 6.66.